The number of thiol groups is 1. The summed E-state index contributed by atoms with van der Waals surface area (Å²) in [7, 11) is 0. The fraction of sp³-hybridized carbons (Fsp3) is 0.500. The lowest BCUT2D eigenvalue weighted by molar-refractivity contribution is -0.126. The predicted octanol–water partition coefficient (Wildman–Crippen LogP) is 1.26. The van der Waals surface area contributed by atoms with Crippen LogP contribution in [0.1, 0.15) is 13.8 Å². The van der Waals surface area contributed by atoms with Crippen molar-refractivity contribution in [3.63, 3.8) is 0 Å². The number of amides is 1. The summed E-state index contributed by atoms with van der Waals surface area (Å²) in [5.41, 5.74) is 0. The largest absolute Gasteiger partial charge is 0.308 e. The van der Waals surface area contributed by atoms with Crippen LogP contribution >= 0.6 is 12.6 Å². The molecule has 0 radical (unpaired) electrons. The Morgan fingerprint density at radius 1 is 1.78 bits per heavy atom. The van der Waals surface area contributed by atoms with Crippen LogP contribution < -0.4 is 0 Å². The van der Waals surface area contributed by atoms with Crippen molar-refractivity contribution >= 4 is 18.5 Å². The molecular formula is C6H11NOS. The molecule has 0 aromatic rings. The van der Waals surface area contributed by atoms with E-state index in [2.05, 4.69) is 19.2 Å². The minimum Gasteiger partial charge on any atom is -0.308 e. The normalized spacial score (nSPS) is 8.78. The molecule has 52 valence electrons. The van der Waals surface area contributed by atoms with Gasteiger partial charge in [-0.15, -0.1) is 12.6 Å². The molecule has 0 saturated heterocycles. The number of carbonyl (C=O) groups excluding carboxylic acids is 1. The van der Waals surface area contributed by atoms with Crippen molar-refractivity contribution in [3.05, 3.63) is 11.6 Å². The SMILES string of the molecule is C=C(S)N(CC)C(C)=O. The van der Waals surface area contributed by atoms with Crippen LogP contribution in [0.3, 0.4) is 0 Å². The van der Waals surface area contributed by atoms with E-state index in [0.717, 1.165) is 0 Å². The molecule has 0 heterocycles. The van der Waals surface area contributed by atoms with Crippen molar-refractivity contribution < 1.29 is 4.79 Å². The summed E-state index contributed by atoms with van der Waals surface area (Å²) in [6.45, 7) is 7.52. The van der Waals surface area contributed by atoms with E-state index < -0.39 is 0 Å². The summed E-state index contributed by atoms with van der Waals surface area (Å²) in [6, 6.07) is 0. The monoisotopic (exact) mass is 145 g/mol. The lowest BCUT2D eigenvalue weighted by Crippen LogP contribution is -2.24. The van der Waals surface area contributed by atoms with Gasteiger partial charge >= 0.3 is 0 Å². The second-order valence-electron chi connectivity index (χ2n) is 1.68. The zero-order valence-electron chi connectivity index (χ0n) is 5.72. The van der Waals surface area contributed by atoms with Gasteiger partial charge in [-0.3, -0.25) is 4.79 Å². The Balaban J connectivity index is 3.99. The maximum Gasteiger partial charge on any atom is 0.224 e. The Morgan fingerprint density at radius 2 is 2.22 bits per heavy atom. The fourth-order valence-electron chi connectivity index (χ4n) is 0.587. The average molecular weight is 145 g/mol. The first-order chi connectivity index (χ1) is 4.09. The van der Waals surface area contributed by atoms with Gasteiger partial charge in [-0.05, 0) is 6.92 Å². The van der Waals surface area contributed by atoms with Crippen molar-refractivity contribution in [2.75, 3.05) is 6.54 Å². The number of nitrogens with zero attached hydrogens (tertiary/aromatic N) is 1. The second-order valence-corrected chi connectivity index (χ2v) is 2.20. The van der Waals surface area contributed by atoms with Crippen LogP contribution in [0.5, 0.6) is 0 Å². The van der Waals surface area contributed by atoms with Gasteiger partial charge in [-0.25, -0.2) is 0 Å². The van der Waals surface area contributed by atoms with E-state index in [0.29, 0.717) is 11.6 Å². The Labute approximate surface area is 61.0 Å². The molecule has 0 aliphatic heterocycles. The first kappa shape index (κ1) is 8.56. The van der Waals surface area contributed by atoms with Crippen LogP contribution in [0.15, 0.2) is 11.6 Å². The van der Waals surface area contributed by atoms with Gasteiger partial charge in [0.25, 0.3) is 0 Å². The Morgan fingerprint density at radius 3 is 2.22 bits per heavy atom. The second kappa shape index (κ2) is 3.56. The van der Waals surface area contributed by atoms with Gasteiger partial charge in [0, 0.05) is 13.5 Å². The average Bonchev–Trinajstić information content (AvgIpc) is 1.64. The highest BCUT2D eigenvalue weighted by Gasteiger charge is 2.04. The Hall–Kier alpha value is -0.440. The molecular weight excluding hydrogens is 134 g/mol. The highest BCUT2D eigenvalue weighted by molar-refractivity contribution is 7.84. The molecule has 0 aromatic carbocycles. The molecule has 0 aromatic heterocycles. The molecule has 9 heavy (non-hydrogen) atoms. The maximum absolute atomic E-state index is 10.6. The Bertz CT molecular complexity index is 119. The molecule has 0 spiro atoms. The van der Waals surface area contributed by atoms with Crippen LogP contribution in [-0.4, -0.2) is 17.4 Å². The van der Waals surface area contributed by atoms with Crippen molar-refractivity contribution in [2.45, 2.75) is 13.8 Å². The zero-order valence-corrected chi connectivity index (χ0v) is 6.61. The highest BCUT2D eigenvalue weighted by Crippen LogP contribution is 2.04. The molecule has 0 bridgehead atoms. The van der Waals surface area contributed by atoms with Gasteiger partial charge in [0.2, 0.25) is 5.91 Å². The molecule has 0 atom stereocenters. The fourth-order valence-corrected chi connectivity index (χ4v) is 0.869. The van der Waals surface area contributed by atoms with E-state index in [1.54, 1.807) is 0 Å². The van der Waals surface area contributed by atoms with Gasteiger partial charge in [-0.1, -0.05) is 6.58 Å². The van der Waals surface area contributed by atoms with E-state index in [-0.39, 0.29) is 5.91 Å². The standard InChI is InChI=1S/C6H11NOS/c1-4-7(5(2)8)6(3)9/h9H,3-4H2,1-2H3. The molecule has 2 nitrogen and oxygen atoms in total. The number of carbonyl (C=O) groups is 1. The predicted molar refractivity (Wildman–Crippen MR) is 41.2 cm³/mol. The molecule has 0 rings (SSSR count). The summed E-state index contributed by atoms with van der Waals surface area (Å²) >= 11 is 3.92. The van der Waals surface area contributed by atoms with E-state index in [9.17, 15) is 4.79 Å². The van der Waals surface area contributed by atoms with Crippen molar-refractivity contribution in [1.29, 1.82) is 0 Å². The van der Waals surface area contributed by atoms with E-state index in [1.165, 1.54) is 11.8 Å². The van der Waals surface area contributed by atoms with Crippen LogP contribution in [0.4, 0.5) is 0 Å². The minimum atomic E-state index is -0.0162. The van der Waals surface area contributed by atoms with E-state index in [4.69, 9.17) is 0 Å². The summed E-state index contributed by atoms with van der Waals surface area (Å²) in [5.74, 6) is -0.0162. The molecule has 0 N–H and O–H groups in total. The summed E-state index contributed by atoms with van der Waals surface area (Å²) < 4.78 is 0. The summed E-state index contributed by atoms with van der Waals surface area (Å²) in [6.07, 6.45) is 0. The summed E-state index contributed by atoms with van der Waals surface area (Å²) in [5, 5.41) is 0.505. The first-order valence-electron chi connectivity index (χ1n) is 2.75. The third kappa shape index (κ3) is 2.56. The van der Waals surface area contributed by atoms with Crippen LogP contribution in [0.2, 0.25) is 0 Å². The molecule has 0 aliphatic carbocycles. The van der Waals surface area contributed by atoms with E-state index in [1.807, 2.05) is 6.92 Å². The Kier molecular flexibility index (Phi) is 3.39. The number of hydrogen-bond donors (Lipinski definition) is 1. The van der Waals surface area contributed by atoms with Crippen LogP contribution in [0, 0.1) is 0 Å². The van der Waals surface area contributed by atoms with Crippen LogP contribution in [-0.2, 0) is 4.79 Å². The molecule has 0 saturated carbocycles. The molecule has 0 unspecified atom stereocenters. The number of rotatable bonds is 2. The molecule has 3 heteroatoms. The number of hydrogen-bond acceptors (Lipinski definition) is 2. The lowest BCUT2D eigenvalue weighted by Gasteiger charge is -2.16. The topological polar surface area (TPSA) is 20.3 Å². The maximum atomic E-state index is 10.6. The van der Waals surface area contributed by atoms with Crippen molar-refractivity contribution in [1.82, 2.24) is 4.90 Å². The highest BCUT2D eigenvalue weighted by atomic mass is 32.1. The lowest BCUT2D eigenvalue weighted by atomic mass is 10.5. The van der Waals surface area contributed by atoms with Crippen molar-refractivity contribution in [2.24, 2.45) is 0 Å². The molecule has 1 amide bonds. The minimum absolute atomic E-state index is 0.0162. The third-order valence-corrected chi connectivity index (χ3v) is 1.25. The molecule has 0 aliphatic rings. The van der Waals surface area contributed by atoms with Gasteiger partial charge < -0.3 is 4.90 Å². The first-order valence-corrected chi connectivity index (χ1v) is 3.20. The van der Waals surface area contributed by atoms with Gasteiger partial charge in [0.15, 0.2) is 0 Å². The zero-order chi connectivity index (χ0) is 7.44. The van der Waals surface area contributed by atoms with E-state index >= 15 is 0 Å². The van der Waals surface area contributed by atoms with Gasteiger partial charge in [0.1, 0.15) is 0 Å². The van der Waals surface area contributed by atoms with Gasteiger partial charge in [-0.2, -0.15) is 0 Å². The summed E-state index contributed by atoms with van der Waals surface area (Å²) in [4.78, 5) is 12.1. The van der Waals surface area contributed by atoms with Crippen LogP contribution in [0.25, 0.3) is 0 Å². The smallest absolute Gasteiger partial charge is 0.224 e. The quantitative estimate of drug-likeness (QED) is 0.580. The molecule has 0 fully saturated rings. The van der Waals surface area contributed by atoms with Gasteiger partial charge in [0.05, 0.1) is 5.03 Å². The third-order valence-electron chi connectivity index (χ3n) is 1.01. The van der Waals surface area contributed by atoms with Crippen molar-refractivity contribution in [3.8, 4) is 0 Å².